The predicted octanol–water partition coefficient (Wildman–Crippen LogP) is 0.690. The number of carboxylic acids is 1. The zero-order valence-electron chi connectivity index (χ0n) is 10.8. The van der Waals surface area contributed by atoms with Gasteiger partial charge in [-0.05, 0) is 23.3 Å². The average molecular weight is 277 g/mol. The number of aliphatic carboxylic acids is 1. The molecule has 2 aliphatic rings. The minimum absolute atomic E-state index is 0.00211. The van der Waals surface area contributed by atoms with Crippen molar-refractivity contribution in [3.05, 3.63) is 34.9 Å². The number of carboxylic acid groups (broad SMARTS) is 1. The second kappa shape index (κ2) is 4.88. The molecule has 3 rings (SSSR count). The van der Waals surface area contributed by atoms with Crippen molar-refractivity contribution in [3.8, 4) is 0 Å². The van der Waals surface area contributed by atoms with Crippen LogP contribution in [0.3, 0.4) is 0 Å². The summed E-state index contributed by atoms with van der Waals surface area (Å²) in [6, 6.07) is 5.28. The van der Waals surface area contributed by atoms with Crippen molar-refractivity contribution in [1.82, 2.24) is 5.32 Å². The van der Waals surface area contributed by atoms with Crippen molar-refractivity contribution >= 4 is 11.9 Å². The number of ether oxygens (including phenoxy) is 2. The van der Waals surface area contributed by atoms with Gasteiger partial charge in [-0.2, -0.15) is 0 Å². The first-order valence-corrected chi connectivity index (χ1v) is 6.44. The maximum atomic E-state index is 12.2. The molecule has 6 heteroatoms. The fourth-order valence-electron chi connectivity index (χ4n) is 2.49. The maximum Gasteiger partial charge on any atom is 0.331 e. The summed E-state index contributed by atoms with van der Waals surface area (Å²) < 4.78 is 10.4. The van der Waals surface area contributed by atoms with Crippen molar-refractivity contribution in [1.29, 1.82) is 0 Å². The lowest BCUT2D eigenvalue weighted by molar-refractivity contribution is -0.144. The third kappa shape index (κ3) is 2.17. The first kappa shape index (κ1) is 13.1. The number of nitrogens with one attached hydrogen (secondary N) is 1. The van der Waals surface area contributed by atoms with Crippen LogP contribution >= 0.6 is 0 Å². The molecule has 1 atom stereocenters. The van der Waals surface area contributed by atoms with E-state index < -0.39 is 17.4 Å². The van der Waals surface area contributed by atoms with Crippen LogP contribution in [0.15, 0.2) is 18.2 Å². The summed E-state index contributed by atoms with van der Waals surface area (Å²) in [5.41, 5.74) is 1.18. The van der Waals surface area contributed by atoms with E-state index in [1.165, 1.54) is 0 Å². The normalized spacial score (nSPS) is 24.4. The monoisotopic (exact) mass is 277 g/mol. The quantitative estimate of drug-likeness (QED) is 0.849. The summed E-state index contributed by atoms with van der Waals surface area (Å²) in [5, 5.41) is 11.9. The molecule has 0 aliphatic carbocycles. The van der Waals surface area contributed by atoms with Gasteiger partial charge in [0.15, 0.2) is 5.54 Å². The summed E-state index contributed by atoms with van der Waals surface area (Å²) in [6.07, 6.45) is 0.280. The molecule has 1 aromatic rings. The van der Waals surface area contributed by atoms with Crippen LogP contribution in [0, 0.1) is 0 Å². The summed E-state index contributed by atoms with van der Waals surface area (Å²) in [4.78, 5) is 23.6. The Labute approximate surface area is 115 Å². The number of hydrogen-bond acceptors (Lipinski definition) is 4. The van der Waals surface area contributed by atoms with Crippen LogP contribution in [0.5, 0.6) is 0 Å². The van der Waals surface area contributed by atoms with Crippen LogP contribution in [-0.4, -0.2) is 35.7 Å². The SMILES string of the molecule is O=C(NC1(C(=O)O)CCOC1)c1ccc2c(c1)COC2. The standard InChI is InChI=1S/C14H15NO5/c16-12(15-14(13(17)18)3-4-19-8-14)9-1-2-10-6-20-7-11(10)5-9/h1-2,5H,3-4,6-8H2,(H,15,16)(H,17,18). The highest BCUT2D eigenvalue weighted by Gasteiger charge is 2.44. The van der Waals surface area contributed by atoms with Crippen molar-refractivity contribution in [2.45, 2.75) is 25.2 Å². The number of benzene rings is 1. The van der Waals surface area contributed by atoms with Gasteiger partial charge in [0.25, 0.3) is 5.91 Å². The highest BCUT2D eigenvalue weighted by molar-refractivity contribution is 5.98. The third-order valence-electron chi connectivity index (χ3n) is 3.77. The van der Waals surface area contributed by atoms with Gasteiger partial charge in [0.2, 0.25) is 0 Å². The van der Waals surface area contributed by atoms with Crippen molar-refractivity contribution in [2.24, 2.45) is 0 Å². The molecule has 20 heavy (non-hydrogen) atoms. The largest absolute Gasteiger partial charge is 0.479 e. The van der Waals surface area contributed by atoms with E-state index in [-0.39, 0.29) is 13.0 Å². The smallest absolute Gasteiger partial charge is 0.331 e. The number of hydrogen-bond donors (Lipinski definition) is 2. The van der Waals surface area contributed by atoms with Gasteiger partial charge in [-0.25, -0.2) is 4.79 Å². The predicted molar refractivity (Wildman–Crippen MR) is 68.2 cm³/mol. The summed E-state index contributed by atoms with van der Waals surface area (Å²) in [6.45, 7) is 1.39. The Morgan fingerprint density at radius 1 is 1.20 bits per heavy atom. The number of fused-ring (bicyclic) bond motifs is 1. The number of carbonyl (C=O) groups excluding carboxylic acids is 1. The van der Waals surface area contributed by atoms with Crippen molar-refractivity contribution in [2.75, 3.05) is 13.2 Å². The van der Waals surface area contributed by atoms with Gasteiger partial charge in [0.05, 0.1) is 19.8 Å². The lowest BCUT2D eigenvalue weighted by atomic mass is 9.97. The zero-order chi connectivity index (χ0) is 14.2. The molecule has 0 radical (unpaired) electrons. The summed E-state index contributed by atoms with van der Waals surface area (Å²) in [7, 11) is 0. The molecule has 0 aromatic heterocycles. The Hall–Kier alpha value is -1.92. The summed E-state index contributed by atoms with van der Waals surface area (Å²) >= 11 is 0. The molecule has 0 saturated carbocycles. The Bertz CT molecular complexity index is 563. The van der Waals surface area contributed by atoms with Gasteiger partial charge < -0.3 is 19.9 Å². The van der Waals surface area contributed by atoms with E-state index in [0.717, 1.165) is 11.1 Å². The van der Waals surface area contributed by atoms with Gasteiger partial charge in [0, 0.05) is 18.6 Å². The molecular formula is C14H15NO5. The van der Waals surface area contributed by atoms with Crippen LogP contribution in [0.2, 0.25) is 0 Å². The average Bonchev–Trinajstić information content (AvgIpc) is 3.06. The second-order valence-corrected chi connectivity index (χ2v) is 5.12. The molecule has 106 valence electrons. The maximum absolute atomic E-state index is 12.2. The number of rotatable bonds is 3. The van der Waals surface area contributed by atoms with E-state index in [2.05, 4.69) is 5.32 Å². The first-order chi connectivity index (χ1) is 9.61. The third-order valence-corrected chi connectivity index (χ3v) is 3.77. The molecule has 1 unspecified atom stereocenters. The van der Waals surface area contributed by atoms with Gasteiger partial charge in [-0.3, -0.25) is 4.79 Å². The van der Waals surface area contributed by atoms with Gasteiger partial charge in [0.1, 0.15) is 0 Å². The molecule has 2 heterocycles. The molecular weight excluding hydrogens is 262 g/mol. The lowest BCUT2D eigenvalue weighted by Gasteiger charge is -2.23. The first-order valence-electron chi connectivity index (χ1n) is 6.44. The molecule has 1 fully saturated rings. The Balaban J connectivity index is 1.80. The van der Waals surface area contributed by atoms with Crippen LogP contribution in [-0.2, 0) is 27.5 Å². The molecule has 6 nitrogen and oxygen atoms in total. The molecule has 2 aliphatic heterocycles. The van der Waals surface area contributed by atoms with Crippen LogP contribution < -0.4 is 5.32 Å². The molecule has 2 N–H and O–H groups in total. The molecule has 1 aromatic carbocycles. The van der Waals surface area contributed by atoms with Crippen molar-refractivity contribution < 1.29 is 24.2 Å². The molecule has 1 saturated heterocycles. The fraction of sp³-hybridized carbons (Fsp3) is 0.429. The minimum Gasteiger partial charge on any atom is -0.479 e. The van der Waals surface area contributed by atoms with E-state index in [1.54, 1.807) is 12.1 Å². The molecule has 0 spiro atoms. The van der Waals surface area contributed by atoms with E-state index in [1.807, 2.05) is 6.07 Å². The Kier molecular flexibility index (Phi) is 3.19. The minimum atomic E-state index is -1.31. The van der Waals surface area contributed by atoms with Gasteiger partial charge in [-0.15, -0.1) is 0 Å². The van der Waals surface area contributed by atoms with Gasteiger partial charge in [-0.1, -0.05) is 6.07 Å². The van der Waals surface area contributed by atoms with Crippen molar-refractivity contribution in [3.63, 3.8) is 0 Å². The fourth-order valence-corrected chi connectivity index (χ4v) is 2.49. The second-order valence-electron chi connectivity index (χ2n) is 5.12. The van der Waals surface area contributed by atoms with Crippen LogP contribution in [0.1, 0.15) is 27.9 Å². The Morgan fingerprint density at radius 3 is 2.70 bits per heavy atom. The lowest BCUT2D eigenvalue weighted by Crippen LogP contribution is -2.55. The zero-order valence-corrected chi connectivity index (χ0v) is 10.8. The van der Waals surface area contributed by atoms with E-state index in [9.17, 15) is 14.7 Å². The highest BCUT2D eigenvalue weighted by atomic mass is 16.5. The Morgan fingerprint density at radius 2 is 2.00 bits per heavy atom. The van der Waals surface area contributed by atoms with Gasteiger partial charge >= 0.3 is 5.97 Å². The van der Waals surface area contributed by atoms with E-state index >= 15 is 0 Å². The highest BCUT2D eigenvalue weighted by Crippen LogP contribution is 2.23. The molecule has 0 bridgehead atoms. The summed E-state index contributed by atoms with van der Waals surface area (Å²) in [5.74, 6) is -1.46. The number of carbonyl (C=O) groups is 2. The van der Waals surface area contributed by atoms with Crippen LogP contribution in [0.4, 0.5) is 0 Å². The number of amides is 1. The topological polar surface area (TPSA) is 84.9 Å². The molecule has 1 amide bonds. The van der Waals surface area contributed by atoms with E-state index in [4.69, 9.17) is 9.47 Å². The van der Waals surface area contributed by atoms with Crippen LogP contribution in [0.25, 0.3) is 0 Å². The van der Waals surface area contributed by atoms with E-state index in [0.29, 0.717) is 25.4 Å².